The third kappa shape index (κ3) is 6.91. The number of carbonyl (C=O) groups is 2. The molecule has 0 saturated heterocycles. The number of halogens is 4. The standard InChI is InChI=1S/C28H24ClF3N2O5.Na.H/c29-21-13-20-19(27(36)37)10-12-38-22(20)14-23(21)39-18-6-3-17(4-7-18)26(35)33-11-9-16-5-8-24(28(30,31)32)34-25(16)15-1-2-15;;/h3-8,13-15,19H,1-2,9-12H2,(H,33,35)(H,36,37);;/q;+1;-1. The monoisotopic (exact) mass is 584 g/mol. The van der Waals surface area contributed by atoms with Gasteiger partial charge in [0.15, 0.2) is 0 Å². The van der Waals surface area contributed by atoms with Crippen molar-refractivity contribution >= 4 is 23.5 Å². The molecule has 1 aliphatic heterocycles. The van der Waals surface area contributed by atoms with E-state index in [0.29, 0.717) is 46.7 Å². The van der Waals surface area contributed by atoms with Crippen LogP contribution in [0.4, 0.5) is 13.2 Å². The van der Waals surface area contributed by atoms with Gasteiger partial charge in [-0.25, -0.2) is 4.98 Å². The Hall–Kier alpha value is -2.79. The number of aliphatic carboxylic acids is 1. The van der Waals surface area contributed by atoms with Crippen LogP contribution in [0.1, 0.15) is 65.4 Å². The van der Waals surface area contributed by atoms with Crippen LogP contribution < -0.4 is 44.3 Å². The number of carbonyl (C=O) groups excluding carboxylic acids is 1. The van der Waals surface area contributed by atoms with E-state index in [2.05, 4.69) is 10.3 Å². The number of ether oxygens (including phenoxy) is 2. The maximum absolute atomic E-state index is 13.0. The summed E-state index contributed by atoms with van der Waals surface area (Å²) in [5, 5.41) is 12.5. The molecule has 40 heavy (non-hydrogen) atoms. The second-order valence-electron chi connectivity index (χ2n) is 9.49. The first-order chi connectivity index (χ1) is 18.6. The van der Waals surface area contributed by atoms with Crippen molar-refractivity contribution in [3.8, 4) is 17.2 Å². The number of hydrogen-bond acceptors (Lipinski definition) is 5. The van der Waals surface area contributed by atoms with Crippen molar-refractivity contribution in [3.05, 3.63) is 81.6 Å². The van der Waals surface area contributed by atoms with Gasteiger partial charge in [-0.1, -0.05) is 17.7 Å². The molecule has 2 N–H and O–H groups in total. The number of pyridine rings is 1. The Kier molecular flexibility index (Phi) is 9.34. The van der Waals surface area contributed by atoms with Crippen molar-refractivity contribution in [2.75, 3.05) is 13.2 Å². The number of benzene rings is 2. The Morgan fingerprint density at radius 2 is 1.85 bits per heavy atom. The smallest absolute Gasteiger partial charge is 1.00 e. The van der Waals surface area contributed by atoms with Crippen LogP contribution in [0.25, 0.3) is 0 Å². The zero-order valence-electron chi connectivity index (χ0n) is 22.6. The molecule has 1 aliphatic carbocycles. The molecule has 5 rings (SSSR count). The number of carboxylic acids is 1. The van der Waals surface area contributed by atoms with E-state index in [-0.39, 0.29) is 66.7 Å². The van der Waals surface area contributed by atoms with Crippen LogP contribution >= 0.6 is 11.6 Å². The average Bonchev–Trinajstić information content (AvgIpc) is 3.74. The van der Waals surface area contributed by atoms with Crippen LogP contribution in [0, 0.1) is 0 Å². The molecule has 2 aliphatic rings. The van der Waals surface area contributed by atoms with Gasteiger partial charge in [-0.2, -0.15) is 13.2 Å². The van der Waals surface area contributed by atoms with Crippen LogP contribution in [0.5, 0.6) is 17.2 Å². The summed E-state index contributed by atoms with van der Waals surface area (Å²) in [7, 11) is 0. The van der Waals surface area contributed by atoms with Crippen LogP contribution in [0.2, 0.25) is 5.02 Å². The zero-order valence-corrected chi connectivity index (χ0v) is 24.3. The van der Waals surface area contributed by atoms with Crippen molar-refractivity contribution in [3.63, 3.8) is 0 Å². The first-order valence-corrected chi connectivity index (χ1v) is 12.8. The third-order valence-electron chi connectivity index (χ3n) is 6.69. The maximum atomic E-state index is 13.0. The van der Waals surface area contributed by atoms with Crippen molar-refractivity contribution in [2.45, 2.75) is 43.7 Å². The summed E-state index contributed by atoms with van der Waals surface area (Å²) in [6, 6.07) is 11.8. The van der Waals surface area contributed by atoms with E-state index in [9.17, 15) is 27.9 Å². The predicted molar refractivity (Wildman–Crippen MR) is 137 cm³/mol. The quantitative estimate of drug-likeness (QED) is 0.394. The second kappa shape index (κ2) is 12.4. The maximum Gasteiger partial charge on any atom is 1.00 e. The first-order valence-electron chi connectivity index (χ1n) is 12.4. The van der Waals surface area contributed by atoms with Crippen molar-refractivity contribution in [1.29, 1.82) is 0 Å². The number of nitrogens with zero attached hydrogens (tertiary/aromatic N) is 1. The largest absolute Gasteiger partial charge is 1.00 e. The molecule has 0 radical (unpaired) electrons. The van der Waals surface area contributed by atoms with Crippen LogP contribution in [0.3, 0.4) is 0 Å². The third-order valence-corrected chi connectivity index (χ3v) is 6.99. The Morgan fingerprint density at radius 3 is 2.50 bits per heavy atom. The van der Waals surface area contributed by atoms with Gasteiger partial charge < -0.3 is 21.3 Å². The van der Waals surface area contributed by atoms with Crippen LogP contribution in [-0.2, 0) is 17.4 Å². The molecule has 2 heterocycles. The first kappa shape index (κ1) is 30.2. The number of nitrogens with one attached hydrogen (secondary N) is 1. The molecule has 1 atom stereocenters. The molecule has 2 aromatic carbocycles. The van der Waals surface area contributed by atoms with E-state index in [1.54, 1.807) is 30.3 Å². The normalized spacial score (nSPS) is 16.2. The molecule has 0 spiro atoms. The van der Waals surface area contributed by atoms with Gasteiger partial charge in [0, 0.05) is 35.3 Å². The van der Waals surface area contributed by atoms with E-state index >= 15 is 0 Å². The predicted octanol–water partition coefficient (Wildman–Crippen LogP) is 3.46. The van der Waals surface area contributed by atoms with E-state index in [1.807, 2.05) is 0 Å². The Bertz CT molecular complexity index is 1420. The number of carboxylic acid groups (broad SMARTS) is 1. The number of amides is 1. The molecular weight excluding hydrogens is 560 g/mol. The summed E-state index contributed by atoms with van der Waals surface area (Å²) >= 11 is 6.34. The molecule has 3 aromatic rings. The SMILES string of the molecule is O=C(NCCc1ccc(C(F)(F)F)nc1C1CC1)c1ccc(Oc2cc3c(cc2Cl)C(C(=O)O)CCO3)cc1.[H-].[Na+]. The van der Waals surface area contributed by atoms with E-state index < -0.39 is 23.8 Å². The number of fused-ring (bicyclic) bond motifs is 1. The van der Waals surface area contributed by atoms with Gasteiger partial charge in [-0.05, 0) is 67.6 Å². The summed E-state index contributed by atoms with van der Waals surface area (Å²) in [6.07, 6.45) is -2.14. The number of hydrogen-bond donors (Lipinski definition) is 2. The number of aromatic nitrogens is 1. The Morgan fingerprint density at radius 1 is 1.12 bits per heavy atom. The molecule has 12 heteroatoms. The van der Waals surface area contributed by atoms with Gasteiger partial charge in [0.1, 0.15) is 22.9 Å². The van der Waals surface area contributed by atoms with Crippen LogP contribution in [-0.4, -0.2) is 35.1 Å². The van der Waals surface area contributed by atoms with Gasteiger partial charge in [-0.15, -0.1) is 0 Å². The summed E-state index contributed by atoms with van der Waals surface area (Å²) in [6.45, 7) is 0.512. The number of rotatable bonds is 8. The average molecular weight is 585 g/mol. The van der Waals surface area contributed by atoms with Gasteiger partial charge in [0.05, 0.1) is 17.5 Å². The minimum atomic E-state index is -4.49. The van der Waals surface area contributed by atoms with Crippen LogP contribution in [0.15, 0.2) is 48.5 Å². The Balaban J connectivity index is 0.00000231. The molecule has 1 amide bonds. The number of alkyl halides is 3. The summed E-state index contributed by atoms with van der Waals surface area (Å²) in [5.41, 5.74) is 1.14. The fraction of sp³-hybridized carbons (Fsp3) is 0.321. The van der Waals surface area contributed by atoms with Gasteiger partial charge >= 0.3 is 41.7 Å². The molecule has 1 unspecified atom stereocenters. The van der Waals surface area contributed by atoms with E-state index in [0.717, 1.165) is 18.9 Å². The summed E-state index contributed by atoms with van der Waals surface area (Å²) in [4.78, 5) is 28.0. The molecule has 206 valence electrons. The fourth-order valence-electron chi connectivity index (χ4n) is 4.52. The molecule has 1 fully saturated rings. The topological polar surface area (TPSA) is 97.8 Å². The Labute approximate surface area is 256 Å². The minimum absolute atomic E-state index is 0. The van der Waals surface area contributed by atoms with Gasteiger partial charge in [0.2, 0.25) is 0 Å². The van der Waals surface area contributed by atoms with E-state index in [4.69, 9.17) is 21.1 Å². The van der Waals surface area contributed by atoms with Gasteiger partial charge in [0.25, 0.3) is 5.91 Å². The molecule has 1 aromatic heterocycles. The molecule has 1 saturated carbocycles. The van der Waals surface area contributed by atoms with E-state index in [1.165, 1.54) is 12.1 Å². The molecule has 7 nitrogen and oxygen atoms in total. The summed E-state index contributed by atoms with van der Waals surface area (Å²) < 4.78 is 50.6. The summed E-state index contributed by atoms with van der Waals surface area (Å²) in [5.74, 6) is -0.851. The fourth-order valence-corrected chi connectivity index (χ4v) is 4.73. The van der Waals surface area contributed by atoms with Crippen molar-refractivity contribution in [1.82, 2.24) is 10.3 Å². The van der Waals surface area contributed by atoms with Gasteiger partial charge in [-0.3, -0.25) is 9.59 Å². The van der Waals surface area contributed by atoms with Crippen molar-refractivity contribution in [2.24, 2.45) is 0 Å². The minimum Gasteiger partial charge on any atom is -1.00 e. The molecule has 0 bridgehead atoms. The molecular formula is C28H25ClF3N2NaO5. The second-order valence-corrected chi connectivity index (χ2v) is 9.90. The van der Waals surface area contributed by atoms with Crippen molar-refractivity contribution < 1.29 is 68.3 Å². The zero-order chi connectivity index (χ0) is 27.7.